The molecule has 0 bridgehead atoms. The predicted octanol–water partition coefficient (Wildman–Crippen LogP) is 2.89. The number of hydrogen-bond acceptors (Lipinski definition) is 5. The summed E-state index contributed by atoms with van der Waals surface area (Å²) in [5, 5.41) is 2.89. The average molecular weight is 418 g/mol. The van der Waals surface area contributed by atoms with Crippen molar-refractivity contribution in [2.24, 2.45) is 0 Å². The maximum absolute atomic E-state index is 12.4. The number of halogens is 2. The average Bonchev–Trinajstić information content (AvgIpc) is 2.59. The van der Waals surface area contributed by atoms with Gasteiger partial charge in [-0.2, -0.15) is 4.72 Å². The molecule has 10 heteroatoms. The third-order valence-electron chi connectivity index (χ3n) is 3.44. The molecule has 2 aromatic rings. The molecule has 4 N–H and O–H groups in total. The minimum atomic E-state index is -3.88. The quantitative estimate of drug-likeness (QED) is 0.625. The van der Waals surface area contributed by atoms with E-state index in [4.69, 9.17) is 33.7 Å². The Morgan fingerprint density at radius 1 is 1.15 bits per heavy atom. The van der Waals surface area contributed by atoms with Crippen molar-refractivity contribution in [1.29, 1.82) is 0 Å². The highest BCUT2D eigenvalue weighted by atomic mass is 35.5. The number of carbonyl (C=O) groups is 1. The van der Waals surface area contributed by atoms with Crippen molar-refractivity contribution < 1.29 is 17.9 Å². The van der Waals surface area contributed by atoms with E-state index in [0.717, 1.165) is 0 Å². The lowest BCUT2D eigenvalue weighted by Gasteiger charge is -2.15. The van der Waals surface area contributed by atoms with Crippen molar-refractivity contribution in [2.75, 3.05) is 18.2 Å². The van der Waals surface area contributed by atoms with Crippen molar-refractivity contribution in [2.45, 2.75) is 17.9 Å². The number of methoxy groups -OCH3 is 1. The predicted molar refractivity (Wildman–Crippen MR) is 102 cm³/mol. The molecule has 0 saturated heterocycles. The Kier molecular flexibility index (Phi) is 6.35. The van der Waals surface area contributed by atoms with Crippen LogP contribution in [-0.4, -0.2) is 27.5 Å². The molecular weight excluding hydrogens is 401 g/mol. The molecule has 0 heterocycles. The van der Waals surface area contributed by atoms with Gasteiger partial charge in [0, 0.05) is 5.69 Å². The van der Waals surface area contributed by atoms with Gasteiger partial charge >= 0.3 is 0 Å². The van der Waals surface area contributed by atoms with Gasteiger partial charge in [-0.25, -0.2) is 8.42 Å². The minimum Gasteiger partial charge on any atom is -0.497 e. The van der Waals surface area contributed by atoms with Crippen LogP contribution in [0.15, 0.2) is 41.3 Å². The normalized spacial score (nSPS) is 12.5. The Morgan fingerprint density at radius 3 is 2.19 bits per heavy atom. The molecule has 0 unspecified atom stereocenters. The largest absolute Gasteiger partial charge is 0.497 e. The number of benzene rings is 2. The highest BCUT2D eigenvalue weighted by Gasteiger charge is 2.22. The number of hydrogen-bond donors (Lipinski definition) is 3. The highest BCUT2D eigenvalue weighted by Crippen LogP contribution is 2.31. The van der Waals surface area contributed by atoms with Crippen LogP contribution in [0.1, 0.15) is 6.92 Å². The van der Waals surface area contributed by atoms with Gasteiger partial charge in [0.15, 0.2) is 0 Å². The first-order valence-electron chi connectivity index (χ1n) is 7.36. The molecule has 0 spiro atoms. The maximum atomic E-state index is 12.4. The number of nitrogens with two attached hydrogens (primary N) is 1. The number of rotatable bonds is 6. The van der Waals surface area contributed by atoms with Crippen LogP contribution in [0.25, 0.3) is 0 Å². The van der Waals surface area contributed by atoms with Crippen LogP contribution in [0, 0.1) is 0 Å². The van der Waals surface area contributed by atoms with E-state index in [1.807, 2.05) is 0 Å². The molecule has 0 aromatic heterocycles. The Balaban J connectivity index is 2.10. The van der Waals surface area contributed by atoms with Crippen LogP contribution >= 0.6 is 23.2 Å². The summed E-state index contributed by atoms with van der Waals surface area (Å²) in [4.78, 5) is 12.3. The molecule has 140 valence electrons. The van der Waals surface area contributed by atoms with Crippen LogP contribution in [0.4, 0.5) is 11.4 Å². The molecule has 0 aliphatic heterocycles. The maximum Gasteiger partial charge on any atom is 0.242 e. The van der Waals surface area contributed by atoms with E-state index in [0.29, 0.717) is 11.4 Å². The van der Waals surface area contributed by atoms with Crippen LogP contribution in [-0.2, 0) is 14.8 Å². The standard InChI is InChI=1S/C16H17Cl2N3O4S/c1-9(16(22)20-10-7-13(17)15(19)14(18)8-10)21-26(23,24)12-5-3-11(25-2)4-6-12/h3-9,21H,19H2,1-2H3,(H,20,22)/t9-/m0/s1. The Labute approximate surface area is 161 Å². The van der Waals surface area contributed by atoms with Crippen molar-refractivity contribution in [3.63, 3.8) is 0 Å². The molecule has 2 aromatic carbocycles. The van der Waals surface area contributed by atoms with Crippen molar-refractivity contribution >= 4 is 50.5 Å². The summed E-state index contributed by atoms with van der Waals surface area (Å²) in [7, 11) is -2.41. The molecular formula is C16H17Cl2N3O4S. The van der Waals surface area contributed by atoms with Crippen molar-refractivity contribution in [1.82, 2.24) is 4.72 Å². The van der Waals surface area contributed by atoms with E-state index < -0.39 is 22.0 Å². The zero-order chi connectivity index (χ0) is 19.5. The van der Waals surface area contributed by atoms with E-state index in [9.17, 15) is 13.2 Å². The Morgan fingerprint density at radius 2 is 1.69 bits per heavy atom. The zero-order valence-electron chi connectivity index (χ0n) is 13.9. The molecule has 0 saturated carbocycles. The van der Waals surface area contributed by atoms with Crippen LogP contribution in [0.5, 0.6) is 5.75 Å². The van der Waals surface area contributed by atoms with Crippen LogP contribution < -0.4 is 20.5 Å². The number of nitrogens with one attached hydrogen (secondary N) is 2. The van der Waals surface area contributed by atoms with E-state index in [2.05, 4.69) is 10.0 Å². The number of nitrogen functional groups attached to an aromatic ring is 1. The summed E-state index contributed by atoms with van der Waals surface area (Å²) in [6.45, 7) is 1.41. The smallest absolute Gasteiger partial charge is 0.242 e. The fraction of sp³-hybridized carbons (Fsp3) is 0.188. The topological polar surface area (TPSA) is 111 Å². The third-order valence-corrected chi connectivity index (χ3v) is 5.62. The van der Waals surface area contributed by atoms with Crippen molar-refractivity contribution in [3.8, 4) is 5.75 Å². The monoisotopic (exact) mass is 417 g/mol. The van der Waals surface area contributed by atoms with Crippen LogP contribution in [0.2, 0.25) is 10.0 Å². The highest BCUT2D eigenvalue weighted by molar-refractivity contribution is 7.89. The van der Waals surface area contributed by atoms with E-state index in [1.165, 1.54) is 50.4 Å². The lowest BCUT2D eigenvalue weighted by Crippen LogP contribution is -2.41. The molecule has 0 aliphatic rings. The van der Waals surface area contributed by atoms with Gasteiger partial charge in [-0.15, -0.1) is 0 Å². The first-order valence-corrected chi connectivity index (χ1v) is 9.59. The lowest BCUT2D eigenvalue weighted by molar-refractivity contribution is -0.117. The van der Waals surface area contributed by atoms with Gasteiger partial charge in [0.25, 0.3) is 0 Å². The SMILES string of the molecule is COc1ccc(S(=O)(=O)N[C@@H](C)C(=O)Nc2cc(Cl)c(N)c(Cl)c2)cc1. The Bertz CT molecular complexity index is 895. The molecule has 26 heavy (non-hydrogen) atoms. The van der Waals surface area contributed by atoms with Gasteiger partial charge in [-0.3, -0.25) is 4.79 Å². The molecule has 0 radical (unpaired) electrons. The summed E-state index contributed by atoms with van der Waals surface area (Å²) in [5.41, 5.74) is 6.13. The van der Waals surface area contributed by atoms with Gasteiger partial charge in [0.1, 0.15) is 5.75 Å². The molecule has 1 amide bonds. The Hall–Kier alpha value is -2.00. The summed E-state index contributed by atoms with van der Waals surface area (Å²) >= 11 is 11.8. The summed E-state index contributed by atoms with van der Waals surface area (Å²) in [5.74, 6) is -0.0640. The van der Waals surface area contributed by atoms with Gasteiger partial charge in [0.2, 0.25) is 15.9 Å². The second kappa shape index (κ2) is 8.13. The van der Waals surface area contributed by atoms with E-state index in [1.54, 1.807) is 0 Å². The van der Waals surface area contributed by atoms with Crippen molar-refractivity contribution in [3.05, 3.63) is 46.4 Å². The lowest BCUT2D eigenvalue weighted by atomic mass is 10.2. The van der Waals surface area contributed by atoms with Gasteiger partial charge < -0.3 is 15.8 Å². The number of carbonyl (C=O) groups excluding carboxylic acids is 1. The third kappa shape index (κ3) is 4.79. The van der Waals surface area contributed by atoms with Gasteiger partial charge in [0.05, 0.1) is 33.8 Å². The van der Waals surface area contributed by atoms with E-state index >= 15 is 0 Å². The summed E-state index contributed by atoms with van der Waals surface area (Å²) in [6.07, 6.45) is 0. The van der Waals surface area contributed by atoms with Crippen LogP contribution in [0.3, 0.4) is 0 Å². The van der Waals surface area contributed by atoms with Gasteiger partial charge in [-0.05, 0) is 43.3 Å². The fourth-order valence-corrected chi connectivity index (χ4v) is 3.71. The number of amides is 1. The van der Waals surface area contributed by atoms with E-state index in [-0.39, 0.29) is 20.6 Å². The first kappa shape index (κ1) is 20.3. The second-order valence-corrected chi connectivity index (χ2v) is 7.89. The molecule has 7 nitrogen and oxygen atoms in total. The number of ether oxygens (including phenoxy) is 1. The first-order chi connectivity index (χ1) is 12.1. The fourth-order valence-electron chi connectivity index (χ4n) is 2.02. The molecule has 0 fully saturated rings. The zero-order valence-corrected chi connectivity index (χ0v) is 16.2. The molecule has 2 rings (SSSR count). The number of anilines is 2. The molecule has 0 aliphatic carbocycles. The summed E-state index contributed by atoms with van der Waals surface area (Å²) < 4.78 is 32.0. The molecule has 1 atom stereocenters. The van der Waals surface area contributed by atoms with Gasteiger partial charge in [-0.1, -0.05) is 23.2 Å². The summed E-state index contributed by atoms with van der Waals surface area (Å²) in [6, 6.07) is 7.58. The second-order valence-electron chi connectivity index (χ2n) is 5.36. The minimum absolute atomic E-state index is 0.0107. The number of sulfonamides is 1.